The second kappa shape index (κ2) is 13.3. The number of fused-ring (bicyclic) bond motifs is 6. The molecule has 11 rings (SSSR count). The highest BCUT2D eigenvalue weighted by Crippen LogP contribution is 2.42. The maximum Gasteiger partial charge on any atom is 0.166 e. The van der Waals surface area contributed by atoms with Crippen LogP contribution in [0.2, 0.25) is 0 Å². The molecular formula is C52H34N4O. The molecule has 0 N–H and O–H groups in total. The van der Waals surface area contributed by atoms with Gasteiger partial charge in [0.1, 0.15) is 11.2 Å². The topological polar surface area (TPSA) is 56.7 Å². The lowest BCUT2D eigenvalue weighted by Gasteiger charge is -2.17. The normalized spacial score (nSPS) is 11.6. The van der Waals surface area contributed by atoms with Crippen LogP contribution in [0.25, 0.3) is 106 Å². The molecule has 0 radical (unpaired) electrons. The van der Waals surface area contributed by atoms with E-state index in [0.717, 1.165) is 66.5 Å². The van der Waals surface area contributed by atoms with Gasteiger partial charge in [0, 0.05) is 38.2 Å². The van der Waals surface area contributed by atoms with Crippen LogP contribution in [0.4, 0.5) is 0 Å². The number of hydrogen-bond donors (Lipinski definition) is 0. The molecule has 0 saturated carbocycles. The van der Waals surface area contributed by atoms with Gasteiger partial charge in [0.2, 0.25) is 0 Å². The Balaban J connectivity index is 1.21. The van der Waals surface area contributed by atoms with E-state index < -0.39 is 0 Å². The molecule has 268 valence electrons. The predicted octanol–water partition coefficient (Wildman–Crippen LogP) is 13.5. The molecule has 0 aliphatic carbocycles. The van der Waals surface area contributed by atoms with Crippen LogP contribution in [0.15, 0.2) is 192 Å². The van der Waals surface area contributed by atoms with Crippen molar-refractivity contribution < 1.29 is 4.42 Å². The highest BCUT2D eigenvalue weighted by Gasteiger charge is 2.22. The molecule has 0 aliphatic heterocycles. The molecule has 11 aromatic rings. The molecular weight excluding hydrogens is 697 g/mol. The Labute approximate surface area is 329 Å². The third kappa shape index (κ3) is 5.59. The van der Waals surface area contributed by atoms with Crippen molar-refractivity contribution in [1.82, 2.24) is 19.5 Å². The van der Waals surface area contributed by atoms with Crippen LogP contribution in [-0.4, -0.2) is 19.5 Å². The van der Waals surface area contributed by atoms with E-state index >= 15 is 0 Å². The number of rotatable bonds is 6. The number of benzene rings is 8. The molecule has 8 aromatic carbocycles. The summed E-state index contributed by atoms with van der Waals surface area (Å²) in [6.07, 6.45) is 0. The largest absolute Gasteiger partial charge is 0.456 e. The average molecular weight is 731 g/mol. The Kier molecular flexibility index (Phi) is 7.64. The lowest BCUT2D eigenvalue weighted by atomic mass is 9.96. The summed E-state index contributed by atoms with van der Waals surface area (Å²) >= 11 is 0. The summed E-state index contributed by atoms with van der Waals surface area (Å²) in [5.41, 5.74) is 13.4. The maximum atomic E-state index is 6.35. The predicted molar refractivity (Wildman–Crippen MR) is 233 cm³/mol. The third-order valence-electron chi connectivity index (χ3n) is 10.9. The standard InChI is InChI=1S/C52H34N4O/c1-33-23-25-34(26-24-33)37-27-29-45-42(31-37)40-17-8-10-20-44(40)56(45)46-30-28-38(39-19-12-22-48-49(39)41-18-9-11-21-47(41)57-48)32-43(46)52-54-50(35-13-4-2-5-14-35)53-51(55-52)36-15-6-3-7-16-36/h2-32H,1H3. The van der Waals surface area contributed by atoms with Crippen molar-refractivity contribution in [2.24, 2.45) is 0 Å². The van der Waals surface area contributed by atoms with E-state index in [9.17, 15) is 0 Å². The minimum atomic E-state index is 0.589. The monoisotopic (exact) mass is 730 g/mol. The molecule has 0 saturated heterocycles. The van der Waals surface area contributed by atoms with E-state index in [2.05, 4.69) is 145 Å². The fourth-order valence-corrected chi connectivity index (χ4v) is 8.18. The maximum absolute atomic E-state index is 6.35. The third-order valence-corrected chi connectivity index (χ3v) is 10.9. The molecule has 5 heteroatoms. The molecule has 0 bridgehead atoms. The molecule has 0 fully saturated rings. The Hall–Kier alpha value is -7.63. The number of nitrogens with zero attached hydrogens (tertiary/aromatic N) is 4. The minimum absolute atomic E-state index is 0.589. The molecule has 57 heavy (non-hydrogen) atoms. The summed E-state index contributed by atoms with van der Waals surface area (Å²) in [6.45, 7) is 2.12. The summed E-state index contributed by atoms with van der Waals surface area (Å²) in [6, 6.07) is 65.7. The minimum Gasteiger partial charge on any atom is -0.456 e. The van der Waals surface area contributed by atoms with E-state index in [4.69, 9.17) is 19.4 Å². The van der Waals surface area contributed by atoms with Crippen molar-refractivity contribution in [3.63, 3.8) is 0 Å². The molecule has 0 amide bonds. The summed E-state index contributed by atoms with van der Waals surface area (Å²) in [7, 11) is 0. The van der Waals surface area contributed by atoms with Crippen molar-refractivity contribution >= 4 is 43.7 Å². The zero-order valence-corrected chi connectivity index (χ0v) is 31.1. The first-order chi connectivity index (χ1) is 28.2. The lowest BCUT2D eigenvalue weighted by Crippen LogP contribution is -2.04. The number of aryl methyl sites for hydroxylation is 1. The number of hydrogen-bond acceptors (Lipinski definition) is 4. The van der Waals surface area contributed by atoms with E-state index in [1.807, 2.05) is 54.6 Å². The molecule has 5 nitrogen and oxygen atoms in total. The van der Waals surface area contributed by atoms with Crippen molar-refractivity contribution in [3.05, 3.63) is 194 Å². The molecule has 0 atom stereocenters. The fraction of sp³-hybridized carbons (Fsp3) is 0.0192. The first kappa shape index (κ1) is 32.8. The SMILES string of the molecule is Cc1ccc(-c2ccc3c(c2)c2ccccc2n3-c2ccc(-c3cccc4oc5ccccc5c34)cc2-c2nc(-c3ccccc3)nc(-c3ccccc3)n2)cc1. The summed E-state index contributed by atoms with van der Waals surface area (Å²) < 4.78 is 8.71. The van der Waals surface area contributed by atoms with Crippen LogP contribution in [0.3, 0.4) is 0 Å². The van der Waals surface area contributed by atoms with Gasteiger partial charge in [0.05, 0.1) is 16.7 Å². The van der Waals surface area contributed by atoms with Gasteiger partial charge in [-0.2, -0.15) is 0 Å². The second-order valence-corrected chi connectivity index (χ2v) is 14.5. The number of para-hydroxylation sites is 2. The lowest BCUT2D eigenvalue weighted by molar-refractivity contribution is 0.669. The number of aromatic nitrogens is 4. The number of furan rings is 1. The first-order valence-corrected chi connectivity index (χ1v) is 19.2. The second-order valence-electron chi connectivity index (χ2n) is 14.5. The smallest absolute Gasteiger partial charge is 0.166 e. The van der Waals surface area contributed by atoms with E-state index in [-0.39, 0.29) is 0 Å². The molecule has 3 heterocycles. The van der Waals surface area contributed by atoms with E-state index in [0.29, 0.717) is 17.5 Å². The van der Waals surface area contributed by atoms with Gasteiger partial charge in [0.15, 0.2) is 17.5 Å². The van der Waals surface area contributed by atoms with Gasteiger partial charge in [0.25, 0.3) is 0 Å². The van der Waals surface area contributed by atoms with Crippen molar-refractivity contribution in [2.75, 3.05) is 0 Å². The summed E-state index contributed by atoms with van der Waals surface area (Å²) in [4.78, 5) is 15.6. The summed E-state index contributed by atoms with van der Waals surface area (Å²) in [5.74, 6) is 1.82. The quantitative estimate of drug-likeness (QED) is 0.171. The highest BCUT2D eigenvalue weighted by atomic mass is 16.3. The van der Waals surface area contributed by atoms with Gasteiger partial charge in [-0.25, -0.2) is 15.0 Å². The van der Waals surface area contributed by atoms with Gasteiger partial charge >= 0.3 is 0 Å². The molecule has 3 aromatic heterocycles. The fourth-order valence-electron chi connectivity index (χ4n) is 8.18. The van der Waals surface area contributed by atoms with Gasteiger partial charge < -0.3 is 8.98 Å². The van der Waals surface area contributed by atoms with Crippen LogP contribution in [0.5, 0.6) is 0 Å². The van der Waals surface area contributed by atoms with E-state index in [1.165, 1.54) is 27.5 Å². The van der Waals surface area contributed by atoms with Gasteiger partial charge in [-0.1, -0.05) is 151 Å². The molecule has 0 unspecified atom stereocenters. The van der Waals surface area contributed by atoms with Gasteiger partial charge in [-0.3, -0.25) is 0 Å². The van der Waals surface area contributed by atoms with Crippen LogP contribution < -0.4 is 0 Å². The summed E-state index contributed by atoms with van der Waals surface area (Å²) in [5, 5.41) is 4.52. The first-order valence-electron chi connectivity index (χ1n) is 19.2. The molecule has 0 spiro atoms. The van der Waals surface area contributed by atoms with Gasteiger partial charge in [-0.15, -0.1) is 0 Å². The van der Waals surface area contributed by atoms with Crippen LogP contribution >= 0.6 is 0 Å². The van der Waals surface area contributed by atoms with Crippen LogP contribution in [0, 0.1) is 6.92 Å². The Morgan fingerprint density at radius 3 is 1.74 bits per heavy atom. The molecule has 0 aliphatic rings. The van der Waals surface area contributed by atoms with Crippen LogP contribution in [-0.2, 0) is 0 Å². The van der Waals surface area contributed by atoms with E-state index in [1.54, 1.807) is 0 Å². The Morgan fingerprint density at radius 1 is 0.386 bits per heavy atom. The van der Waals surface area contributed by atoms with Crippen molar-refractivity contribution in [3.8, 4) is 62.1 Å². The zero-order valence-electron chi connectivity index (χ0n) is 31.1. The Morgan fingerprint density at radius 2 is 0.982 bits per heavy atom. The highest BCUT2D eigenvalue weighted by molar-refractivity contribution is 6.13. The average Bonchev–Trinajstić information content (AvgIpc) is 3.82. The van der Waals surface area contributed by atoms with Crippen LogP contribution in [0.1, 0.15) is 5.56 Å². The zero-order chi connectivity index (χ0) is 37.9. The van der Waals surface area contributed by atoms with Crippen molar-refractivity contribution in [2.45, 2.75) is 6.92 Å². The van der Waals surface area contributed by atoms with Crippen molar-refractivity contribution in [1.29, 1.82) is 0 Å². The van der Waals surface area contributed by atoms with Gasteiger partial charge in [-0.05, 0) is 71.6 Å². The Bertz CT molecular complexity index is 3230.